The van der Waals surface area contributed by atoms with Crippen molar-refractivity contribution in [3.63, 3.8) is 0 Å². The van der Waals surface area contributed by atoms with Crippen molar-refractivity contribution in [2.45, 2.75) is 91.6 Å². The van der Waals surface area contributed by atoms with Gasteiger partial charge in [-0.2, -0.15) is 0 Å². The molecule has 1 aliphatic heterocycles. The second-order valence-corrected chi connectivity index (χ2v) is 10.0. The molecule has 160 valence electrons. The van der Waals surface area contributed by atoms with Gasteiger partial charge in [0.15, 0.2) is 0 Å². The molecule has 6 nitrogen and oxygen atoms in total. The van der Waals surface area contributed by atoms with E-state index in [0.717, 1.165) is 30.6 Å². The number of rotatable bonds is 7. The zero-order valence-electron chi connectivity index (χ0n) is 18.8. The van der Waals surface area contributed by atoms with Crippen molar-refractivity contribution in [3.8, 4) is 0 Å². The highest BCUT2D eigenvalue weighted by Gasteiger charge is 2.53. The van der Waals surface area contributed by atoms with Crippen LogP contribution >= 0.6 is 0 Å². The Bertz CT molecular complexity index is 606. The number of likely N-dealkylation sites (N-methyl/N-ethyl adjacent to an activating group) is 1. The number of carbonyl (C=O) groups is 3. The van der Waals surface area contributed by atoms with E-state index in [-0.39, 0.29) is 29.8 Å². The first kappa shape index (κ1) is 22.7. The lowest BCUT2D eigenvalue weighted by atomic mass is 9.65. The molecule has 0 aromatic heterocycles. The average molecular weight is 394 g/mol. The number of hydrogen-bond donors (Lipinski definition) is 1. The zero-order valence-corrected chi connectivity index (χ0v) is 18.8. The summed E-state index contributed by atoms with van der Waals surface area (Å²) in [6.45, 7) is 12.8. The first-order valence-electron chi connectivity index (χ1n) is 10.8. The van der Waals surface area contributed by atoms with E-state index >= 15 is 0 Å². The van der Waals surface area contributed by atoms with Gasteiger partial charge in [0.2, 0.25) is 5.91 Å². The van der Waals surface area contributed by atoms with Crippen LogP contribution in [0.25, 0.3) is 0 Å². The van der Waals surface area contributed by atoms with Crippen LogP contribution in [0.3, 0.4) is 0 Å². The van der Waals surface area contributed by atoms with Crippen molar-refractivity contribution in [1.29, 1.82) is 0 Å². The van der Waals surface area contributed by atoms with E-state index in [1.807, 2.05) is 6.92 Å². The van der Waals surface area contributed by atoms with Crippen LogP contribution in [0.15, 0.2) is 0 Å². The molecule has 1 aliphatic carbocycles. The average Bonchev–Trinajstić information content (AvgIpc) is 2.85. The molecule has 1 N–H and O–H groups in total. The van der Waals surface area contributed by atoms with Crippen molar-refractivity contribution in [3.05, 3.63) is 0 Å². The van der Waals surface area contributed by atoms with Gasteiger partial charge in [-0.25, -0.2) is 4.79 Å². The smallest absolute Gasteiger partial charge is 0.325 e. The van der Waals surface area contributed by atoms with Gasteiger partial charge in [0, 0.05) is 13.1 Å². The quantitative estimate of drug-likeness (QED) is 0.669. The fraction of sp³-hybridized carbons (Fsp3) is 0.864. The topological polar surface area (TPSA) is 69.7 Å². The lowest BCUT2D eigenvalue weighted by Gasteiger charge is -2.42. The molecule has 28 heavy (non-hydrogen) atoms. The number of urea groups is 1. The molecule has 1 saturated heterocycles. The largest absolute Gasteiger partial charge is 0.341 e. The monoisotopic (exact) mass is 393 g/mol. The standard InChI is InChI=1S/C22H39N3O3/c1-8-21(5,6)17-9-11-22(12-10-17)19(27)25(20(28)23-22)14-18(26)24(7)16(4)13-15(2)3/h15-17H,8-14H2,1-7H3,(H,23,28). The predicted octanol–water partition coefficient (Wildman–Crippen LogP) is 3.80. The third-order valence-corrected chi connectivity index (χ3v) is 7.26. The van der Waals surface area contributed by atoms with E-state index in [4.69, 9.17) is 0 Å². The Morgan fingerprint density at radius 2 is 1.82 bits per heavy atom. The predicted molar refractivity (Wildman–Crippen MR) is 111 cm³/mol. The zero-order chi connectivity index (χ0) is 21.3. The van der Waals surface area contributed by atoms with Gasteiger partial charge in [-0.3, -0.25) is 14.5 Å². The molecular weight excluding hydrogens is 354 g/mol. The summed E-state index contributed by atoms with van der Waals surface area (Å²) in [7, 11) is 1.75. The second-order valence-electron chi connectivity index (χ2n) is 10.0. The minimum absolute atomic E-state index is 0.0777. The van der Waals surface area contributed by atoms with Crippen LogP contribution in [0, 0.1) is 17.3 Å². The highest BCUT2D eigenvalue weighted by Crippen LogP contribution is 2.45. The molecule has 4 amide bonds. The van der Waals surface area contributed by atoms with Gasteiger partial charge in [-0.1, -0.05) is 41.0 Å². The Kier molecular flexibility index (Phi) is 6.82. The Labute approximate surface area is 170 Å². The minimum atomic E-state index is -0.806. The molecule has 2 aliphatic rings. The highest BCUT2D eigenvalue weighted by atomic mass is 16.2. The van der Waals surface area contributed by atoms with E-state index in [9.17, 15) is 14.4 Å². The number of nitrogens with zero attached hydrogens (tertiary/aromatic N) is 2. The molecule has 1 heterocycles. The third kappa shape index (κ3) is 4.52. The first-order valence-corrected chi connectivity index (χ1v) is 10.8. The molecule has 2 rings (SSSR count). The molecule has 1 unspecified atom stereocenters. The Hall–Kier alpha value is -1.59. The van der Waals surface area contributed by atoms with Crippen molar-refractivity contribution in [2.75, 3.05) is 13.6 Å². The molecule has 1 saturated carbocycles. The lowest BCUT2D eigenvalue weighted by Crippen LogP contribution is -2.51. The number of hydrogen-bond acceptors (Lipinski definition) is 3. The first-order chi connectivity index (χ1) is 12.9. The van der Waals surface area contributed by atoms with Crippen LogP contribution in [0.1, 0.15) is 80.1 Å². The third-order valence-electron chi connectivity index (χ3n) is 7.26. The maximum Gasteiger partial charge on any atom is 0.325 e. The van der Waals surface area contributed by atoms with E-state index in [2.05, 4.69) is 39.9 Å². The van der Waals surface area contributed by atoms with E-state index in [0.29, 0.717) is 24.7 Å². The normalized spacial score (nSPS) is 26.7. The summed E-state index contributed by atoms with van der Waals surface area (Å²) < 4.78 is 0. The van der Waals surface area contributed by atoms with Crippen molar-refractivity contribution in [2.24, 2.45) is 17.3 Å². The van der Waals surface area contributed by atoms with E-state index < -0.39 is 11.6 Å². The fourth-order valence-corrected chi connectivity index (χ4v) is 4.67. The maximum atomic E-state index is 13.1. The van der Waals surface area contributed by atoms with Crippen LogP contribution in [0.2, 0.25) is 0 Å². The van der Waals surface area contributed by atoms with Crippen LogP contribution in [-0.2, 0) is 9.59 Å². The number of carbonyl (C=O) groups excluding carboxylic acids is 3. The number of imide groups is 1. The van der Waals surface area contributed by atoms with Crippen LogP contribution < -0.4 is 5.32 Å². The summed E-state index contributed by atoms with van der Waals surface area (Å²) in [4.78, 5) is 41.1. The highest BCUT2D eigenvalue weighted by molar-refractivity contribution is 6.09. The minimum Gasteiger partial charge on any atom is -0.341 e. The summed E-state index contributed by atoms with van der Waals surface area (Å²) >= 11 is 0. The summed E-state index contributed by atoms with van der Waals surface area (Å²) in [5, 5.41) is 2.93. The van der Waals surface area contributed by atoms with Gasteiger partial charge in [0.1, 0.15) is 12.1 Å². The molecule has 2 fully saturated rings. The molecule has 0 radical (unpaired) electrons. The van der Waals surface area contributed by atoms with Crippen LogP contribution in [-0.4, -0.2) is 52.8 Å². The molecule has 1 atom stereocenters. The summed E-state index contributed by atoms with van der Waals surface area (Å²) in [5.41, 5.74) is -0.558. The van der Waals surface area contributed by atoms with Crippen molar-refractivity contribution >= 4 is 17.8 Å². The van der Waals surface area contributed by atoms with Crippen molar-refractivity contribution < 1.29 is 14.4 Å². The van der Waals surface area contributed by atoms with Crippen LogP contribution in [0.4, 0.5) is 4.79 Å². The summed E-state index contributed by atoms with van der Waals surface area (Å²) in [6.07, 6.45) is 5.18. The molecule has 0 bridgehead atoms. The molecule has 0 aromatic rings. The van der Waals surface area contributed by atoms with Crippen LogP contribution in [0.5, 0.6) is 0 Å². The van der Waals surface area contributed by atoms with Gasteiger partial charge >= 0.3 is 6.03 Å². The van der Waals surface area contributed by atoms with Gasteiger partial charge in [-0.05, 0) is 56.3 Å². The van der Waals surface area contributed by atoms with Gasteiger partial charge in [0.05, 0.1) is 0 Å². The molecular formula is C22H39N3O3. The second kappa shape index (κ2) is 8.42. The Balaban J connectivity index is 2.01. The lowest BCUT2D eigenvalue weighted by molar-refractivity contribution is -0.140. The number of nitrogens with one attached hydrogen (secondary N) is 1. The van der Waals surface area contributed by atoms with Gasteiger partial charge in [-0.15, -0.1) is 0 Å². The Morgan fingerprint density at radius 1 is 1.25 bits per heavy atom. The summed E-state index contributed by atoms with van der Waals surface area (Å²) in [5.74, 6) is 0.636. The molecule has 6 heteroatoms. The number of amides is 4. The summed E-state index contributed by atoms with van der Waals surface area (Å²) in [6, 6.07) is -0.342. The van der Waals surface area contributed by atoms with Crippen molar-refractivity contribution in [1.82, 2.24) is 15.1 Å². The molecule has 1 spiro atoms. The maximum absolute atomic E-state index is 13.1. The van der Waals surface area contributed by atoms with E-state index in [1.54, 1.807) is 11.9 Å². The SMILES string of the molecule is CCC(C)(C)C1CCC2(CC1)NC(=O)N(CC(=O)N(C)C(C)CC(C)C)C2=O. The molecule has 0 aromatic carbocycles. The Morgan fingerprint density at radius 3 is 2.32 bits per heavy atom. The van der Waals surface area contributed by atoms with Gasteiger partial charge in [0.25, 0.3) is 5.91 Å². The van der Waals surface area contributed by atoms with Gasteiger partial charge < -0.3 is 10.2 Å². The fourth-order valence-electron chi connectivity index (χ4n) is 4.67. The van der Waals surface area contributed by atoms with E-state index in [1.165, 1.54) is 0 Å².